The van der Waals surface area contributed by atoms with Crippen LogP contribution in [0.1, 0.15) is 0 Å². The highest BCUT2D eigenvalue weighted by atomic mass is 32.2. The second-order valence-electron chi connectivity index (χ2n) is 3.83. The molecule has 0 saturated carbocycles. The molecule has 2 rings (SSSR count). The van der Waals surface area contributed by atoms with Crippen LogP contribution in [0.4, 0.5) is 5.95 Å². The fourth-order valence-electron chi connectivity index (χ4n) is 1.66. The first kappa shape index (κ1) is 12.4. The zero-order valence-corrected chi connectivity index (χ0v) is 10.9. The molecule has 94 valence electrons. The van der Waals surface area contributed by atoms with Gasteiger partial charge in [0.15, 0.2) is 5.75 Å². The summed E-state index contributed by atoms with van der Waals surface area (Å²) in [5.74, 6) is 3.85. The fourth-order valence-corrected chi connectivity index (χ4v) is 2.64. The van der Waals surface area contributed by atoms with Gasteiger partial charge >= 0.3 is 0 Å². The summed E-state index contributed by atoms with van der Waals surface area (Å²) in [4.78, 5) is 10.8. The Hall–Kier alpha value is -1.01. The first-order valence-electron chi connectivity index (χ1n) is 5.78. The van der Waals surface area contributed by atoms with Gasteiger partial charge in [-0.05, 0) is 0 Å². The maximum absolute atomic E-state index is 5.01. The van der Waals surface area contributed by atoms with Crippen LogP contribution in [0, 0.1) is 0 Å². The highest BCUT2D eigenvalue weighted by Gasteiger charge is 2.09. The zero-order valence-electron chi connectivity index (χ0n) is 10.1. The summed E-state index contributed by atoms with van der Waals surface area (Å²) in [6.07, 6.45) is 3.35. The van der Waals surface area contributed by atoms with Gasteiger partial charge in [0.05, 0.1) is 19.5 Å². The van der Waals surface area contributed by atoms with Gasteiger partial charge in [0.1, 0.15) is 0 Å². The number of nitrogens with one attached hydrogen (secondary N) is 1. The molecule has 1 aromatic rings. The maximum atomic E-state index is 5.01. The quantitative estimate of drug-likeness (QED) is 0.844. The van der Waals surface area contributed by atoms with Crippen molar-refractivity contribution < 1.29 is 4.74 Å². The van der Waals surface area contributed by atoms with Crippen LogP contribution in [-0.4, -0.2) is 59.7 Å². The molecule has 1 aromatic heterocycles. The topological polar surface area (TPSA) is 50.3 Å². The Kier molecular flexibility index (Phi) is 4.88. The van der Waals surface area contributed by atoms with Gasteiger partial charge in [0.25, 0.3) is 0 Å². The average molecular weight is 254 g/mol. The van der Waals surface area contributed by atoms with Gasteiger partial charge in [-0.1, -0.05) is 0 Å². The van der Waals surface area contributed by atoms with Crippen molar-refractivity contribution in [3.63, 3.8) is 0 Å². The van der Waals surface area contributed by atoms with E-state index < -0.39 is 0 Å². The number of hydrogen-bond donors (Lipinski definition) is 1. The van der Waals surface area contributed by atoms with E-state index in [4.69, 9.17) is 4.74 Å². The van der Waals surface area contributed by atoms with E-state index in [2.05, 4.69) is 20.2 Å². The van der Waals surface area contributed by atoms with Crippen molar-refractivity contribution in [2.75, 3.05) is 50.1 Å². The van der Waals surface area contributed by atoms with Crippen molar-refractivity contribution in [1.29, 1.82) is 0 Å². The zero-order chi connectivity index (χ0) is 11.9. The number of ether oxygens (including phenoxy) is 1. The standard InChI is InChI=1S/C11H18N4OS/c1-16-10-8-13-11(14-9-10)12-2-3-15-4-6-17-7-5-15/h8-9H,2-7H2,1H3,(H,12,13,14). The molecule has 5 nitrogen and oxygen atoms in total. The minimum Gasteiger partial charge on any atom is -0.494 e. The molecule has 1 aliphatic rings. The summed E-state index contributed by atoms with van der Waals surface area (Å²) in [5, 5.41) is 3.22. The molecule has 0 atom stereocenters. The highest BCUT2D eigenvalue weighted by molar-refractivity contribution is 7.99. The van der Waals surface area contributed by atoms with Crippen molar-refractivity contribution in [1.82, 2.24) is 14.9 Å². The summed E-state index contributed by atoms with van der Waals surface area (Å²) in [7, 11) is 1.61. The lowest BCUT2D eigenvalue weighted by Crippen LogP contribution is -2.36. The number of anilines is 1. The Balaban J connectivity index is 1.69. The van der Waals surface area contributed by atoms with E-state index in [1.807, 2.05) is 11.8 Å². The first-order valence-corrected chi connectivity index (χ1v) is 6.94. The van der Waals surface area contributed by atoms with Gasteiger partial charge in [-0.25, -0.2) is 9.97 Å². The molecule has 0 aromatic carbocycles. The smallest absolute Gasteiger partial charge is 0.222 e. The van der Waals surface area contributed by atoms with Crippen LogP contribution < -0.4 is 10.1 Å². The molecule has 0 radical (unpaired) electrons. The van der Waals surface area contributed by atoms with Gasteiger partial charge in [-0.15, -0.1) is 0 Å². The molecule has 0 spiro atoms. The van der Waals surface area contributed by atoms with Crippen molar-refractivity contribution >= 4 is 17.7 Å². The summed E-state index contributed by atoms with van der Waals surface area (Å²) in [6.45, 7) is 4.32. The number of methoxy groups -OCH3 is 1. The first-order chi connectivity index (χ1) is 8.38. The van der Waals surface area contributed by atoms with Crippen LogP contribution in [0.5, 0.6) is 5.75 Å². The Morgan fingerprint density at radius 2 is 2.06 bits per heavy atom. The highest BCUT2D eigenvalue weighted by Crippen LogP contribution is 2.09. The SMILES string of the molecule is COc1cnc(NCCN2CCSCC2)nc1. The van der Waals surface area contributed by atoms with Gasteiger partial charge < -0.3 is 10.1 Å². The predicted octanol–water partition coefficient (Wildman–Crippen LogP) is 0.946. The van der Waals surface area contributed by atoms with Crippen LogP contribution in [0.2, 0.25) is 0 Å². The molecule has 6 heteroatoms. The van der Waals surface area contributed by atoms with E-state index in [1.54, 1.807) is 19.5 Å². The van der Waals surface area contributed by atoms with E-state index >= 15 is 0 Å². The molecule has 1 N–H and O–H groups in total. The summed E-state index contributed by atoms with van der Waals surface area (Å²) in [5.41, 5.74) is 0. The molecule has 1 aliphatic heterocycles. The number of nitrogens with zero attached hydrogens (tertiary/aromatic N) is 3. The third-order valence-corrected chi connectivity index (χ3v) is 3.62. The van der Waals surface area contributed by atoms with E-state index in [0.717, 1.165) is 13.1 Å². The van der Waals surface area contributed by atoms with Crippen molar-refractivity contribution in [2.45, 2.75) is 0 Å². The second kappa shape index (κ2) is 6.66. The lowest BCUT2D eigenvalue weighted by molar-refractivity contribution is 0.314. The van der Waals surface area contributed by atoms with Crippen molar-refractivity contribution in [3.8, 4) is 5.75 Å². The maximum Gasteiger partial charge on any atom is 0.222 e. The van der Waals surface area contributed by atoms with Gasteiger partial charge in [-0.2, -0.15) is 11.8 Å². The van der Waals surface area contributed by atoms with Crippen molar-refractivity contribution in [3.05, 3.63) is 12.4 Å². The Morgan fingerprint density at radius 1 is 1.35 bits per heavy atom. The van der Waals surface area contributed by atoms with Crippen LogP contribution in [0.3, 0.4) is 0 Å². The largest absolute Gasteiger partial charge is 0.494 e. The van der Waals surface area contributed by atoms with Crippen LogP contribution in [-0.2, 0) is 0 Å². The normalized spacial score (nSPS) is 16.8. The number of rotatable bonds is 5. The average Bonchev–Trinajstić information content (AvgIpc) is 2.41. The third-order valence-electron chi connectivity index (χ3n) is 2.68. The Bertz CT molecular complexity index is 327. The van der Waals surface area contributed by atoms with Gasteiger partial charge in [0, 0.05) is 37.7 Å². The van der Waals surface area contributed by atoms with E-state index in [0.29, 0.717) is 11.7 Å². The molecule has 2 heterocycles. The number of thioether (sulfide) groups is 1. The molecular formula is C11H18N4OS. The molecule has 0 bridgehead atoms. The van der Waals surface area contributed by atoms with E-state index in [9.17, 15) is 0 Å². The van der Waals surface area contributed by atoms with Crippen LogP contribution in [0.15, 0.2) is 12.4 Å². The Labute approximate surface area is 106 Å². The molecular weight excluding hydrogens is 236 g/mol. The monoisotopic (exact) mass is 254 g/mol. The summed E-state index contributed by atoms with van der Waals surface area (Å²) in [6, 6.07) is 0. The summed E-state index contributed by atoms with van der Waals surface area (Å²) >= 11 is 2.03. The number of hydrogen-bond acceptors (Lipinski definition) is 6. The second-order valence-corrected chi connectivity index (χ2v) is 5.05. The molecule has 0 aliphatic carbocycles. The molecule has 1 saturated heterocycles. The van der Waals surface area contributed by atoms with E-state index in [1.165, 1.54) is 24.6 Å². The van der Waals surface area contributed by atoms with Crippen molar-refractivity contribution in [2.24, 2.45) is 0 Å². The van der Waals surface area contributed by atoms with Crippen LogP contribution >= 0.6 is 11.8 Å². The minimum absolute atomic E-state index is 0.664. The van der Waals surface area contributed by atoms with Gasteiger partial charge in [0.2, 0.25) is 5.95 Å². The van der Waals surface area contributed by atoms with Crippen LogP contribution in [0.25, 0.3) is 0 Å². The molecule has 1 fully saturated rings. The lowest BCUT2D eigenvalue weighted by Gasteiger charge is -2.25. The molecule has 0 unspecified atom stereocenters. The third kappa shape index (κ3) is 4.05. The predicted molar refractivity (Wildman–Crippen MR) is 70.8 cm³/mol. The minimum atomic E-state index is 0.664. The van der Waals surface area contributed by atoms with Gasteiger partial charge in [-0.3, -0.25) is 4.90 Å². The lowest BCUT2D eigenvalue weighted by atomic mass is 10.4. The summed E-state index contributed by atoms with van der Waals surface area (Å²) < 4.78 is 5.01. The Morgan fingerprint density at radius 3 is 2.71 bits per heavy atom. The molecule has 17 heavy (non-hydrogen) atoms. The number of aromatic nitrogens is 2. The fraction of sp³-hybridized carbons (Fsp3) is 0.636. The van der Waals surface area contributed by atoms with E-state index in [-0.39, 0.29) is 0 Å². The molecule has 0 amide bonds.